The number of hydrogen-bond acceptors (Lipinski definition) is 4. The van der Waals surface area contributed by atoms with E-state index in [0.717, 1.165) is 13.0 Å². The van der Waals surface area contributed by atoms with Crippen LogP contribution in [0.25, 0.3) is 0 Å². The first-order chi connectivity index (χ1) is 10.6. The molecule has 1 aromatic heterocycles. The number of β-amino-alcohol motifs (C(OH)–C–C–N with tert-alkyl or cyclic N) is 1. The van der Waals surface area contributed by atoms with Gasteiger partial charge < -0.3 is 14.9 Å². The van der Waals surface area contributed by atoms with Crippen molar-refractivity contribution in [1.82, 2.24) is 9.78 Å². The molecule has 22 heavy (non-hydrogen) atoms. The number of hydrogen-bond donors (Lipinski definition) is 1. The summed E-state index contributed by atoms with van der Waals surface area (Å²) in [7, 11) is 2.13. The topological polar surface area (TPSA) is 44.5 Å². The van der Waals surface area contributed by atoms with Gasteiger partial charge in [0.15, 0.2) is 0 Å². The van der Waals surface area contributed by atoms with E-state index in [1.165, 1.54) is 11.4 Å². The lowest BCUT2D eigenvalue weighted by Crippen LogP contribution is -2.40. The van der Waals surface area contributed by atoms with Crippen LogP contribution in [0.5, 0.6) is 0 Å². The van der Waals surface area contributed by atoms with Crippen molar-refractivity contribution in [3.63, 3.8) is 0 Å². The van der Waals surface area contributed by atoms with Gasteiger partial charge in [0, 0.05) is 38.6 Å². The highest BCUT2D eigenvalue weighted by Gasteiger charge is 2.25. The van der Waals surface area contributed by atoms with Gasteiger partial charge in [-0.05, 0) is 31.5 Å². The SMILES string of the molecule is C[C@H]1CCN(C)c2ccccc2N1C[C@H](O)Cn1cccn1. The van der Waals surface area contributed by atoms with Crippen LogP contribution in [0.1, 0.15) is 13.3 Å². The van der Waals surface area contributed by atoms with Gasteiger partial charge in [0.05, 0.1) is 24.0 Å². The van der Waals surface area contributed by atoms with Gasteiger partial charge in [-0.15, -0.1) is 0 Å². The predicted molar refractivity (Wildman–Crippen MR) is 89.4 cm³/mol. The highest BCUT2D eigenvalue weighted by molar-refractivity contribution is 5.72. The Labute approximate surface area is 131 Å². The van der Waals surface area contributed by atoms with E-state index in [4.69, 9.17) is 0 Å². The summed E-state index contributed by atoms with van der Waals surface area (Å²) in [5, 5.41) is 14.6. The van der Waals surface area contributed by atoms with Crippen LogP contribution in [0, 0.1) is 0 Å². The van der Waals surface area contributed by atoms with E-state index in [9.17, 15) is 5.11 Å². The third kappa shape index (κ3) is 3.09. The zero-order chi connectivity index (χ0) is 15.5. The van der Waals surface area contributed by atoms with Gasteiger partial charge in [-0.3, -0.25) is 4.68 Å². The van der Waals surface area contributed by atoms with E-state index in [1.54, 1.807) is 10.9 Å². The van der Waals surface area contributed by atoms with Crippen molar-refractivity contribution in [1.29, 1.82) is 0 Å². The number of aromatic nitrogens is 2. The number of benzene rings is 1. The van der Waals surface area contributed by atoms with Crippen LogP contribution in [0.2, 0.25) is 0 Å². The fraction of sp³-hybridized carbons (Fsp3) is 0.471. The van der Waals surface area contributed by atoms with Crippen LogP contribution < -0.4 is 9.80 Å². The van der Waals surface area contributed by atoms with E-state index < -0.39 is 6.10 Å². The zero-order valence-corrected chi connectivity index (χ0v) is 13.3. The summed E-state index contributed by atoms with van der Waals surface area (Å²) in [5.41, 5.74) is 2.44. The van der Waals surface area contributed by atoms with E-state index in [-0.39, 0.29) is 0 Å². The number of aliphatic hydroxyl groups excluding tert-OH is 1. The van der Waals surface area contributed by atoms with Gasteiger partial charge in [-0.1, -0.05) is 12.1 Å². The van der Waals surface area contributed by atoms with Gasteiger partial charge in [0.2, 0.25) is 0 Å². The fourth-order valence-corrected chi connectivity index (χ4v) is 3.11. The fourth-order valence-electron chi connectivity index (χ4n) is 3.11. The molecule has 0 aliphatic carbocycles. The molecule has 2 heterocycles. The van der Waals surface area contributed by atoms with Crippen molar-refractivity contribution >= 4 is 11.4 Å². The van der Waals surface area contributed by atoms with Gasteiger partial charge in [-0.2, -0.15) is 5.10 Å². The van der Waals surface area contributed by atoms with Gasteiger partial charge in [0.1, 0.15) is 0 Å². The number of rotatable bonds is 4. The second-order valence-corrected chi connectivity index (χ2v) is 6.08. The molecule has 2 atom stereocenters. The highest BCUT2D eigenvalue weighted by atomic mass is 16.3. The van der Waals surface area contributed by atoms with Crippen LogP contribution in [0.15, 0.2) is 42.7 Å². The summed E-state index contributed by atoms with van der Waals surface area (Å²) in [4.78, 5) is 4.62. The second-order valence-electron chi connectivity index (χ2n) is 6.08. The Morgan fingerprint density at radius 3 is 2.73 bits per heavy atom. The monoisotopic (exact) mass is 300 g/mol. The molecule has 0 saturated carbocycles. The van der Waals surface area contributed by atoms with E-state index >= 15 is 0 Å². The average Bonchev–Trinajstić information content (AvgIpc) is 2.99. The maximum atomic E-state index is 10.5. The number of anilines is 2. The molecule has 0 spiro atoms. The molecule has 3 rings (SSSR count). The Bertz CT molecular complexity index is 598. The highest BCUT2D eigenvalue weighted by Crippen LogP contribution is 2.33. The first kappa shape index (κ1) is 14.9. The summed E-state index contributed by atoms with van der Waals surface area (Å²) >= 11 is 0. The lowest BCUT2D eigenvalue weighted by atomic mass is 10.1. The lowest BCUT2D eigenvalue weighted by molar-refractivity contribution is 0.152. The summed E-state index contributed by atoms with van der Waals surface area (Å²) in [6.45, 7) is 4.40. The summed E-state index contributed by atoms with van der Waals surface area (Å²) in [6.07, 6.45) is 4.26. The molecule has 0 bridgehead atoms. The molecule has 0 radical (unpaired) electrons. The van der Waals surface area contributed by atoms with Crippen LogP contribution in [0.4, 0.5) is 11.4 Å². The first-order valence-corrected chi connectivity index (χ1v) is 7.87. The molecule has 0 fully saturated rings. The minimum absolute atomic E-state index is 0.401. The van der Waals surface area contributed by atoms with Crippen molar-refractivity contribution in [3.05, 3.63) is 42.7 Å². The average molecular weight is 300 g/mol. The van der Waals surface area contributed by atoms with Gasteiger partial charge >= 0.3 is 0 Å². The summed E-state index contributed by atoms with van der Waals surface area (Å²) < 4.78 is 1.78. The normalized spacial score (nSPS) is 19.7. The molecule has 1 aromatic carbocycles. The summed E-state index contributed by atoms with van der Waals surface area (Å²) in [6, 6.07) is 10.7. The van der Waals surface area contributed by atoms with Gasteiger partial charge in [0.25, 0.3) is 0 Å². The number of aliphatic hydroxyl groups is 1. The molecule has 1 aliphatic heterocycles. The third-order valence-electron chi connectivity index (χ3n) is 4.38. The van der Waals surface area contributed by atoms with Crippen LogP contribution in [0.3, 0.4) is 0 Å². The molecule has 1 N–H and O–H groups in total. The number of para-hydroxylation sites is 2. The minimum Gasteiger partial charge on any atom is -0.389 e. The maximum absolute atomic E-state index is 10.5. The Morgan fingerprint density at radius 2 is 2.00 bits per heavy atom. The van der Waals surface area contributed by atoms with Crippen molar-refractivity contribution < 1.29 is 5.11 Å². The van der Waals surface area contributed by atoms with Crippen LogP contribution >= 0.6 is 0 Å². The molecule has 0 unspecified atom stereocenters. The Morgan fingerprint density at radius 1 is 1.23 bits per heavy atom. The standard InChI is InChI=1S/C17H24N4O/c1-14-8-11-19(2)16-6-3-4-7-17(16)21(14)13-15(22)12-20-10-5-9-18-20/h3-7,9-10,14-15,22H,8,11-13H2,1-2H3/t14-,15+/m0/s1. The largest absolute Gasteiger partial charge is 0.389 e. The Kier molecular flexibility index (Phi) is 4.34. The first-order valence-electron chi connectivity index (χ1n) is 7.87. The van der Waals surface area contributed by atoms with Crippen LogP contribution in [-0.4, -0.2) is 47.2 Å². The molecule has 118 valence electrons. The van der Waals surface area contributed by atoms with Crippen molar-refractivity contribution in [3.8, 4) is 0 Å². The second kappa shape index (κ2) is 6.40. The van der Waals surface area contributed by atoms with Crippen LogP contribution in [-0.2, 0) is 6.54 Å². The summed E-state index contributed by atoms with van der Waals surface area (Å²) in [5.74, 6) is 0. The number of fused-ring (bicyclic) bond motifs is 1. The molecule has 1 aliphatic rings. The molecule has 0 saturated heterocycles. The van der Waals surface area contributed by atoms with E-state index in [0.29, 0.717) is 19.1 Å². The lowest BCUT2D eigenvalue weighted by Gasteiger charge is -2.32. The third-order valence-corrected chi connectivity index (χ3v) is 4.38. The van der Waals surface area contributed by atoms with Crippen molar-refractivity contribution in [2.24, 2.45) is 0 Å². The molecular formula is C17H24N4O. The quantitative estimate of drug-likeness (QED) is 0.938. The molecule has 2 aromatic rings. The smallest absolute Gasteiger partial charge is 0.0910 e. The Hall–Kier alpha value is -2.01. The molecule has 5 heteroatoms. The van der Waals surface area contributed by atoms with E-state index in [1.807, 2.05) is 12.3 Å². The zero-order valence-electron chi connectivity index (χ0n) is 13.3. The Balaban J connectivity index is 1.80. The van der Waals surface area contributed by atoms with Crippen molar-refractivity contribution in [2.75, 3.05) is 29.9 Å². The molecule has 0 amide bonds. The van der Waals surface area contributed by atoms with Crippen molar-refractivity contribution in [2.45, 2.75) is 32.0 Å². The molecular weight excluding hydrogens is 276 g/mol. The minimum atomic E-state index is -0.446. The van der Waals surface area contributed by atoms with Gasteiger partial charge in [-0.25, -0.2) is 0 Å². The number of nitrogens with zero attached hydrogens (tertiary/aromatic N) is 4. The maximum Gasteiger partial charge on any atom is 0.0910 e. The van der Waals surface area contributed by atoms with E-state index in [2.05, 4.69) is 53.1 Å². The predicted octanol–water partition coefficient (Wildman–Crippen LogP) is 1.98. The molecule has 5 nitrogen and oxygen atoms in total.